The van der Waals surface area contributed by atoms with Gasteiger partial charge in [0.05, 0.1) is 19.3 Å². The Hall–Kier alpha value is -3.13. The molecule has 2 heterocycles. The van der Waals surface area contributed by atoms with Crippen molar-refractivity contribution in [1.82, 2.24) is 15.2 Å². The number of fused-ring (bicyclic) bond motifs is 1. The highest BCUT2D eigenvalue weighted by molar-refractivity contribution is 6.30. The van der Waals surface area contributed by atoms with Crippen molar-refractivity contribution in [2.24, 2.45) is 0 Å². The monoisotopic (exact) mass is 485 g/mol. The third-order valence-electron chi connectivity index (χ3n) is 6.72. The van der Waals surface area contributed by atoms with Crippen LogP contribution < -0.4 is 10.1 Å². The SMILES string of the molecule is COc1cc(C(=O)N2CC3(CC3)NC(=O)C2C)cc2nc(CC(CF)c3cccc(Cl)c3)oc12. The summed E-state index contributed by atoms with van der Waals surface area (Å²) >= 11 is 6.07. The molecule has 1 N–H and O–H groups in total. The number of aromatic nitrogens is 1. The lowest BCUT2D eigenvalue weighted by molar-refractivity contribution is -0.129. The number of carbonyl (C=O) groups is 2. The van der Waals surface area contributed by atoms with Crippen molar-refractivity contribution < 1.29 is 23.1 Å². The summed E-state index contributed by atoms with van der Waals surface area (Å²) in [4.78, 5) is 31.9. The van der Waals surface area contributed by atoms with Gasteiger partial charge in [-0.05, 0) is 49.6 Å². The van der Waals surface area contributed by atoms with Crippen molar-refractivity contribution >= 4 is 34.5 Å². The molecule has 2 aliphatic rings. The van der Waals surface area contributed by atoms with E-state index >= 15 is 0 Å². The molecule has 0 radical (unpaired) electrons. The summed E-state index contributed by atoms with van der Waals surface area (Å²) in [6.07, 6.45) is 1.96. The van der Waals surface area contributed by atoms with Crippen LogP contribution in [0.4, 0.5) is 4.39 Å². The van der Waals surface area contributed by atoms with E-state index in [1.54, 1.807) is 42.2 Å². The van der Waals surface area contributed by atoms with E-state index in [1.807, 2.05) is 6.07 Å². The highest BCUT2D eigenvalue weighted by Crippen LogP contribution is 2.40. The molecule has 1 spiro atoms. The van der Waals surface area contributed by atoms with Crippen molar-refractivity contribution in [3.05, 3.63) is 58.4 Å². The van der Waals surface area contributed by atoms with Gasteiger partial charge in [-0.3, -0.25) is 14.0 Å². The van der Waals surface area contributed by atoms with Crippen LogP contribution >= 0.6 is 11.6 Å². The number of hydrogen-bond acceptors (Lipinski definition) is 5. The molecule has 1 saturated carbocycles. The molecule has 34 heavy (non-hydrogen) atoms. The lowest BCUT2D eigenvalue weighted by atomic mass is 9.97. The number of oxazole rings is 1. The van der Waals surface area contributed by atoms with E-state index in [4.69, 9.17) is 20.8 Å². The molecular formula is C25H25ClFN3O4. The Bertz CT molecular complexity index is 1270. The topological polar surface area (TPSA) is 84.7 Å². The number of methoxy groups -OCH3 is 1. The number of amides is 2. The average Bonchev–Trinajstić information content (AvgIpc) is 3.44. The average molecular weight is 486 g/mol. The van der Waals surface area contributed by atoms with Crippen LogP contribution in [-0.2, 0) is 11.2 Å². The van der Waals surface area contributed by atoms with E-state index in [0.717, 1.165) is 18.4 Å². The van der Waals surface area contributed by atoms with Gasteiger partial charge in [0.1, 0.15) is 11.6 Å². The van der Waals surface area contributed by atoms with Crippen LogP contribution in [-0.4, -0.2) is 53.6 Å². The molecule has 2 atom stereocenters. The molecule has 1 aliphatic carbocycles. The lowest BCUT2D eigenvalue weighted by Crippen LogP contribution is -2.61. The van der Waals surface area contributed by atoms with Crippen LogP contribution in [0, 0.1) is 0 Å². The third-order valence-corrected chi connectivity index (χ3v) is 6.95. The molecule has 2 unspecified atom stereocenters. The zero-order chi connectivity index (χ0) is 24.0. The minimum atomic E-state index is -0.601. The third kappa shape index (κ3) is 4.11. The van der Waals surface area contributed by atoms with Crippen LogP contribution in [0.1, 0.15) is 47.5 Å². The summed E-state index contributed by atoms with van der Waals surface area (Å²) in [5, 5.41) is 3.56. The highest BCUT2D eigenvalue weighted by atomic mass is 35.5. The standard InChI is InChI=1S/C25H25ClFN3O4/c1-14-23(31)29-25(6-7-25)13-30(14)24(32)16-9-19-22(20(10-16)33-2)34-21(28-19)11-17(12-27)15-4-3-5-18(26)8-15/h3-5,8-10,14,17H,6-7,11-13H2,1-2H3,(H,29,31). The number of nitrogens with one attached hydrogen (secondary N) is 1. The van der Waals surface area contributed by atoms with Crippen LogP contribution in [0.25, 0.3) is 11.1 Å². The molecule has 0 bridgehead atoms. The molecule has 7 nitrogen and oxygen atoms in total. The quantitative estimate of drug-likeness (QED) is 0.563. The minimum Gasteiger partial charge on any atom is -0.493 e. The Morgan fingerprint density at radius 1 is 1.38 bits per heavy atom. The summed E-state index contributed by atoms with van der Waals surface area (Å²) in [6, 6.07) is 9.73. The second-order valence-electron chi connectivity index (χ2n) is 9.12. The van der Waals surface area contributed by atoms with Crippen molar-refractivity contribution in [3.63, 3.8) is 0 Å². The molecular weight excluding hydrogens is 461 g/mol. The number of piperazine rings is 1. The van der Waals surface area contributed by atoms with Crippen molar-refractivity contribution in [1.29, 1.82) is 0 Å². The Balaban J connectivity index is 1.45. The summed E-state index contributed by atoms with van der Waals surface area (Å²) < 4.78 is 25.2. The molecule has 3 aromatic rings. The van der Waals surface area contributed by atoms with Gasteiger partial charge < -0.3 is 19.4 Å². The van der Waals surface area contributed by atoms with Crippen LogP contribution in [0.3, 0.4) is 0 Å². The number of alkyl halides is 1. The molecule has 178 valence electrons. The molecule has 2 amide bonds. The van der Waals surface area contributed by atoms with E-state index in [0.29, 0.717) is 39.9 Å². The van der Waals surface area contributed by atoms with Gasteiger partial charge in [-0.25, -0.2) is 4.98 Å². The van der Waals surface area contributed by atoms with E-state index in [2.05, 4.69) is 10.3 Å². The summed E-state index contributed by atoms with van der Waals surface area (Å²) in [6.45, 7) is 1.59. The largest absolute Gasteiger partial charge is 0.493 e. The fraction of sp³-hybridized carbons (Fsp3) is 0.400. The lowest BCUT2D eigenvalue weighted by Gasteiger charge is -2.38. The molecule has 9 heteroatoms. The van der Waals surface area contributed by atoms with Crippen LogP contribution in [0.2, 0.25) is 5.02 Å². The van der Waals surface area contributed by atoms with Gasteiger partial charge in [0.25, 0.3) is 5.91 Å². The fourth-order valence-electron chi connectivity index (χ4n) is 4.50. The summed E-state index contributed by atoms with van der Waals surface area (Å²) in [5.74, 6) is -0.190. The van der Waals surface area contributed by atoms with Gasteiger partial charge in [-0.1, -0.05) is 23.7 Å². The van der Waals surface area contributed by atoms with E-state index in [1.165, 1.54) is 7.11 Å². The van der Waals surface area contributed by atoms with Gasteiger partial charge in [-0.2, -0.15) is 0 Å². The Labute approximate surface area is 201 Å². The summed E-state index contributed by atoms with van der Waals surface area (Å²) in [5.41, 5.74) is 1.65. The maximum Gasteiger partial charge on any atom is 0.254 e. The number of carbonyl (C=O) groups excluding carboxylic acids is 2. The van der Waals surface area contributed by atoms with Gasteiger partial charge in [0.2, 0.25) is 5.91 Å². The van der Waals surface area contributed by atoms with E-state index in [9.17, 15) is 14.0 Å². The number of ether oxygens (including phenoxy) is 1. The minimum absolute atomic E-state index is 0.146. The Morgan fingerprint density at radius 3 is 2.85 bits per heavy atom. The van der Waals surface area contributed by atoms with Crippen molar-refractivity contribution in [2.75, 3.05) is 20.3 Å². The number of benzene rings is 2. The van der Waals surface area contributed by atoms with E-state index in [-0.39, 0.29) is 23.8 Å². The van der Waals surface area contributed by atoms with Crippen LogP contribution in [0.5, 0.6) is 5.75 Å². The first-order valence-electron chi connectivity index (χ1n) is 11.2. The maximum atomic E-state index is 13.9. The fourth-order valence-corrected chi connectivity index (χ4v) is 4.70. The zero-order valence-electron chi connectivity index (χ0n) is 18.9. The highest BCUT2D eigenvalue weighted by Gasteiger charge is 2.51. The maximum absolute atomic E-state index is 13.9. The number of hydrogen-bond donors (Lipinski definition) is 1. The Kier molecular flexibility index (Phi) is 5.72. The summed E-state index contributed by atoms with van der Waals surface area (Å²) in [7, 11) is 1.48. The van der Waals surface area contributed by atoms with Crippen molar-refractivity contribution in [2.45, 2.75) is 43.7 Å². The second kappa shape index (κ2) is 8.58. The van der Waals surface area contributed by atoms with Crippen LogP contribution in [0.15, 0.2) is 40.8 Å². The molecule has 1 aliphatic heterocycles. The van der Waals surface area contributed by atoms with Crippen molar-refractivity contribution in [3.8, 4) is 5.75 Å². The van der Waals surface area contributed by atoms with Gasteiger partial charge in [0.15, 0.2) is 17.2 Å². The predicted molar refractivity (Wildman–Crippen MR) is 125 cm³/mol. The van der Waals surface area contributed by atoms with Gasteiger partial charge in [-0.15, -0.1) is 0 Å². The number of rotatable bonds is 6. The molecule has 2 fully saturated rings. The molecule has 1 saturated heterocycles. The second-order valence-corrected chi connectivity index (χ2v) is 9.56. The zero-order valence-corrected chi connectivity index (χ0v) is 19.7. The smallest absolute Gasteiger partial charge is 0.254 e. The van der Waals surface area contributed by atoms with Gasteiger partial charge in [0, 0.05) is 29.5 Å². The van der Waals surface area contributed by atoms with E-state index < -0.39 is 18.6 Å². The van der Waals surface area contributed by atoms with Gasteiger partial charge >= 0.3 is 0 Å². The Morgan fingerprint density at radius 2 is 2.18 bits per heavy atom. The first-order valence-corrected chi connectivity index (χ1v) is 11.6. The number of nitrogens with zero attached hydrogens (tertiary/aromatic N) is 2. The first-order chi connectivity index (χ1) is 16.3. The normalized spacial score (nSPS) is 19.8. The number of halogens is 2. The molecule has 5 rings (SSSR count). The first kappa shape index (κ1) is 22.7. The predicted octanol–water partition coefficient (Wildman–Crippen LogP) is 4.28. The molecule has 1 aromatic heterocycles. The molecule has 2 aromatic carbocycles.